The van der Waals surface area contributed by atoms with Crippen molar-refractivity contribution in [2.75, 3.05) is 13.1 Å². The number of nitrogens with one attached hydrogen (secondary N) is 1. The first-order chi connectivity index (χ1) is 8.99. The van der Waals surface area contributed by atoms with Gasteiger partial charge in [-0.2, -0.15) is 0 Å². The van der Waals surface area contributed by atoms with E-state index in [4.69, 9.17) is 5.73 Å². The maximum absolute atomic E-state index is 12.2. The molecule has 0 radical (unpaired) electrons. The van der Waals surface area contributed by atoms with Crippen molar-refractivity contribution in [1.29, 1.82) is 0 Å². The largest absolute Gasteiger partial charge is 0.481 e. The Balaban J connectivity index is 2.72. The van der Waals surface area contributed by atoms with Gasteiger partial charge in [-0.25, -0.2) is 4.79 Å². The second-order valence-electron chi connectivity index (χ2n) is 6.32. The fraction of sp³-hybridized carbons (Fsp3) is 0.769. The second kappa shape index (κ2) is 5.30. The molecule has 1 aliphatic rings. The van der Waals surface area contributed by atoms with Crippen molar-refractivity contribution in [2.45, 2.75) is 39.7 Å². The Labute approximate surface area is 118 Å². The van der Waals surface area contributed by atoms with Crippen LogP contribution in [-0.4, -0.2) is 46.5 Å². The van der Waals surface area contributed by atoms with Crippen LogP contribution in [-0.2, 0) is 9.59 Å². The molecule has 1 unspecified atom stereocenters. The van der Waals surface area contributed by atoms with E-state index in [1.807, 2.05) is 0 Å². The summed E-state index contributed by atoms with van der Waals surface area (Å²) < 4.78 is 0. The third-order valence-corrected chi connectivity index (χ3v) is 4.39. The number of hydrogen-bond donors (Lipinski definition) is 3. The molecule has 1 heterocycles. The summed E-state index contributed by atoms with van der Waals surface area (Å²) in [5.74, 6) is -1.72. The van der Waals surface area contributed by atoms with Crippen molar-refractivity contribution in [2.24, 2.45) is 17.1 Å². The summed E-state index contributed by atoms with van der Waals surface area (Å²) in [6.45, 7) is 7.19. The number of hydrogen-bond acceptors (Lipinski definition) is 3. The van der Waals surface area contributed by atoms with Crippen LogP contribution in [0.4, 0.5) is 4.79 Å². The molecule has 1 fully saturated rings. The van der Waals surface area contributed by atoms with E-state index in [2.05, 4.69) is 5.32 Å². The number of likely N-dealkylation sites (tertiary alicyclic amines) is 1. The lowest BCUT2D eigenvalue weighted by molar-refractivity contribution is -0.150. The highest BCUT2D eigenvalue weighted by Gasteiger charge is 2.45. The Morgan fingerprint density at radius 3 is 2.20 bits per heavy atom. The van der Waals surface area contributed by atoms with E-state index in [0.29, 0.717) is 13.0 Å². The number of urea groups is 1. The summed E-state index contributed by atoms with van der Waals surface area (Å²) in [6, 6.07) is -0.368. The van der Waals surface area contributed by atoms with Gasteiger partial charge in [-0.05, 0) is 34.1 Å². The van der Waals surface area contributed by atoms with Gasteiger partial charge in [0, 0.05) is 13.1 Å². The summed E-state index contributed by atoms with van der Waals surface area (Å²) in [7, 11) is 0. The van der Waals surface area contributed by atoms with Crippen LogP contribution in [0.3, 0.4) is 0 Å². The molecule has 4 N–H and O–H groups in total. The smallest absolute Gasteiger partial charge is 0.317 e. The molecule has 0 saturated carbocycles. The van der Waals surface area contributed by atoms with E-state index in [9.17, 15) is 19.5 Å². The maximum atomic E-state index is 12.2. The Kier molecular flexibility index (Phi) is 4.31. The first-order valence-electron chi connectivity index (χ1n) is 6.59. The van der Waals surface area contributed by atoms with Crippen molar-refractivity contribution in [3.05, 3.63) is 0 Å². The lowest BCUT2D eigenvalue weighted by atomic mass is 9.74. The van der Waals surface area contributed by atoms with Gasteiger partial charge in [0.15, 0.2) is 0 Å². The molecule has 0 bridgehead atoms. The van der Waals surface area contributed by atoms with Crippen LogP contribution in [0.1, 0.15) is 34.1 Å². The zero-order valence-electron chi connectivity index (χ0n) is 12.4. The summed E-state index contributed by atoms with van der Waals surface area (Å²) in [5.41, 5.74) is 3.17. The van der Waals surface area contributed by atoms with Gasteiger partial charge < -0.3 is 21.1 Å². The number of carboxylic acids is 1. The highest BCUT2D eigenvalue weighted by molar-refractivity contribution is 5.82. The highest BCUT2D eigenvalue weighted by Crippen LogP contribution is 2.31. The van der Waals surface area contributed by atoms with Crippen LogP contribution in [0.15, 0.2) is 0 Å². The van der Waals surface area contributed by atoms with E-state index in [1.165, 1.54) is 4.90 Å². The fourth-order valence-corrected chi connectivity index (χ4v) is 1.95. The Morgan fingerprint density at radius 2 is 1.80 bits per heavy atom. The third-order valence-electron chi connectivity index (χ3n) is 4.39. The predicted molar refractivity (Wildman–Crippen MR) is 72.9 cm³/mol. The maximum Gasteiger partial charge on any atom is 0.317 e. The Bertz CT molecular complexity index is 431. The number of carbonyl (C=O) groups is 3. The van der Waals surface area contributed by atoms with E-state index in [-0.39, 0.29) is 18.5 Å². The molecular weight excluding hydrogens is 262 g/mol. The standard InChI is InChI=1S/C13H23N3O4/c1-12(2,10(18)19)13(3,4)15-11(20)16-6-5-8(7-16)9(14)17/h8H,5-7H2,1-4H3,(H2,14,17)(H,15,20)(H,18,19). The molecule has 0 aromatic heterocycles. The zero-order chi connectivity index (χ0) is 15.7. The molecule has 0 aliphatic carbocycles. The minimum absolute atomic E-state index is 0.282. The van der Waals surface area contributed by atoms with E-state index in [1.54, 1.807) is 27.7 Å². The van der Waals surface area contributed by atoms with Gasteiger partial charge in [0.1, 0.15) is 0 Å². The van der Waals surface area contributed by atoms with Crippen LogP contribution < -0.4 is 11.1 Å². The SMILES string of the molecule is CC(C)(NC(=O)N1CCC(C(N)=O)C1)C(C)(C)C(=O)O. The molecule has 114 valence electrons. The van der Waals surface area contributed by atoms with Crippen molar-refractivity contribution >= 4 is 17.9 Å². The number of amides is 3. The molecule has 1 saturated heterocycles. The summed E-state index contributed by atoms with van der Waals surface area (Å²) in [5, 5.41) is 12.0. The summed E-state index contributed by atoms with van der Waals surface area (Å²) in [4.78, 5) is 36.0. The van der Waals surface area contributed by atoms with Gasteiger partial charge in [0.25, 0.3) is 0 Å². The van der Waals surface area contributed by atoms with Gasteiger partial charge in [-0.1, -0.05) is 0 Å². The minimum Gasteiger partial charge on any atom is -0.481 e. The van der Waals surface area contributed by atoms with Crippen molar-refractivity contribution < 1.29 is 19.5 Å². The average molecular weight is 285 g/mol. The molecule has 20 heavy (non-hydrogen) atoms. The molecule has 0 aromatic carbocycles. The van der Waals surface area contributed by atoms with Crippen LogP contribution in [0.5, 0.6) is 0 Å². The summed E-state index contributed by atoms with van der Waals surface area (Å²) in [6.07, 6.45) is 0.547. The van der Waals surface area contributed by atoms with Gasteiger partial charge in [0.2, 0.25) is 5.91 Å². The zero-order valence-corrected chi connectivity index (χ0v) is 12.4. The van der Waals surface area contributed by atoms with Gasteiger partial charge in [0.05, 0.1) is 16.9 Å². The number of aliphatic carboxylic acids is 1. The Hall–Kier alpha value is -1.79. The van der Waals surface area contributed by atoms with Gasteiger partial charge >= 0.3 is 12.0 Å². The number of carbonyl (C=O) groups excluding carboxylic acids is 2. The Morgan fingerprint density at radius 1 is 1.25 bits per heavy atom. The van der Waals surface area contributed by atoms with Gasteiger partial charge in [-0.3, -0.25) is 9.59 Å². The van der Waals surface area contributed by atoms with Gasteiger partial charge in [-0.15, -0.1) is 0 Å². The number of primary amides is 1. The van der Waals surface area contributed by atoms with Crippen molar-refractivity contribution in [3.8, 4) is 0 Å². The molecule has 0 aromatic rings. The topological polar surface area (TPSA) is 113 Å². The van der Waals surface area contributed by atoms with E-state index in [0.717, 1.165) is 0 Å². The molecular formula is C13H23N3O4. The first-order valence-corrected chi connectivity index (χ1v) is 6.59. The van der Waals surface area contributed by atoms with Crippen LogP contribution in [0, 0.1) is 11.3 Å². The van der Waals surface area contributed by atoms with Crippen molar-refractivity contribution in [3.63, 3.8) is 0 Å². The quantitative estimate of drug-likeness (QED) is 0.693. The number of rotatable bonds is 4. The van der Waals surface area contributed by atoms with Crippen molar-refractivity contribution in [1.82, 2.24) is 10.2 Å². The molecule has 1 aliphatic heterocycles. The van der Waals surface area contributed by atoms with E-state index < -0.39 is 22.8 Å². The van der Waals surface area contributed by atoms with Crippen LogP contribution in [0.2, 0.25) is 0 Å². The minimum atomic E-state index is -1.12. The number of nitrogens with two attached hydrogens (primary N) is 1. The lowest BCUT2D eigenvalue weighted by Gasteiger charge is -2.39. The third kappa shape index (κ3) is 3.02. The van der Waals surface area contributed by atoms with Crippen LogP contribution in [0.25, 0.3) is 0 Å². The molecule has 7 heteroatoms. The number of carboxylic acid groups (broad SMARTS) is 1. The lowest BCUT2D eigenvalue weighted by Crippen LogP contribution is -2.59. The molecule has 3 amide bonds. The molecule has 1 rings (SSSR count). The molecule has 0 spiro atoms. The summed E-state index contributed by atoms with van der Waals surface area (Å²) >= 11 is 0. The highest BCUT2D eigenvalue weighted by atomic mass is 16.4. The normalized spacial score (nSPS) is 19.8. The molecule has 7 nitrogen and oxygen atoms in total. The fourth-order valence-electron chi connectivity index (χ4n) is 1.95. The number of nitrogens with zero attached hydrogens (tertiary/aromatic N) is 1. The van der Waals surface area contributed by atoms with E-state index >= 15 is 0 Å². The average Bonchev–Trinajstić information content (AvgIpc) is 2.77. The second-order valence-corrected chi connectivity index (χ2v) is 6.32. The predicted octanol–water partition coefficient (Wildman–Crippen LogP) is 0.393. The first kappa shape index (κ1) is 16.3. The monoisotopic (exact) mass is 285 g/mol. The van der Waals surface area contributed by atoms with Crippen LogP contribution >= 0.6 is 0 Å². The molecule has 1 atom stereocenters.